The van der Waals surface area contributed by atoms with Gasteiger partial charge in [-0.2, -0.15) is 0 Å². The van der Waals surface area contributed by atoms with E-state index in [1.807, 2.05) is 11.6 Å². The van der Waals surface area contributed by atoms with Gasteiger partial charge in [-0.15, -0.1) is 22.7 Å². The molecule has 3 rings (SSSR count). The molecule has 0 aliphatic carbocycles. The summed E-state index contributed by atoms with van der Waals surface area (Å²) in [5.41, 5.74) is 3.80. The standard InChI is InChI=1S/C19H22N2OS2/c1-13-14(2)18(22-3)7-6-15(13)12-21-17(19-20-8-10-24-19)11-16-5-4-9-23-16/h4-10,17,21H,11-12H2,1-3H3/t17-/m1/s1. The molecule has 0 amide bonds. The Morgan fingerprint density at radius 3 is 2.67 bits per heavy atom. The second kappa shape index (κ2) is 7.92. The molecule has 0 unspecified atom stereocenters. The van der Waals surface area contributed by atoms with Gasteiger partial charge in [0.25, 0.3) is 0 Å². The van der Waals surface area contributed by atoms with Crippen molar-refractivity contribution in [3.8, 4) is 5.75 Å². The Hall–Kier alpha value is -1.69. The van der Waals surface area contributed by atoms with Crippen molar-refractivity contribution >= 4 is 22.7 Å². The molecule has 0 saturated heterocycles. The van der Waals surface area contributed by atoms with E-state index in [1.54, 1.807) is 29.8 Å². The van der Waals surface area contributed by atoms with Gasteiger partial charge in [0.2, 0.25) is 0 Å². The Morgan fingerprint density at radius 1 is 1.12 bits per heavy atom. The van der Waals surface area contributed by atoms with Crippen LogP contribution in [0.5, 0.6) is 5.75 Å². The molecule has 0 bridgehead atoms. The van der Waals surface area contributed by atoms with Crippen molar-refractivity contribution < 1.29 is 4.74 Å². The summed E-state index contributed by atoms with van der Waals surface area (Å²) in [4.78, 5) is 5.90. The van der Waals surface area contributed by atoms with Crippen molar-refractivity contribution in [3.63, 3.8) is 0 Å². The maximum absolute atomic E-state index is 5.41. The third-order valence-electron chi connectivity index (χ3n) is 4.34. The van der Waals surface area contributed by atoms with Crippen LogP contribution in [0.15, 0.2) is 41.2 Å². The maximum atomic E-state index is 5.41. The molecule has 1 atom stereocenters. The van der Waals surface area contributed by atoms with Crippen LogP contribution in [0.3, 0.4) is 0 Å². The van der Waals surface area contributed by atoms with Gasteiger partial charge in [0.15, 0.2) is 0 Å². The van der Waals surface area contributed by atoms with E-state index in [1.165, 1.54) is 21.6 Å². The maximum Gasteiger partial charge on any atom is 0.122 e. The van der Waals surface area contributed by atoms with E-state index < -0.39 is 0 Å². The first-order valence-corrected chi connectivity index (χ1v) is 9.73. The first kappa shape index (κ1) is 17.1. The number of hydrogen-bond acceptors (Lipinski definition) is 5. The SMILES string of the molecule is COc1ccc(CN[C@H](Cc2cccs2)c2nccs2)c(C)c1C. The first-order chi connectivity index (χ1) is 11.7. The summed E-state index contributed by atoms with van der Waals surface area (Å²) >= 11 is 3.51. The molecule has 1 aromatic carbocycles. The molecule has 0 radical (unpaired) electrons. The van der Waals surface area contributed by atoms with Gasteiger partial charge in [0.1, 0.15) is 10.8 Å². The normalized spacial score (nSPS) is 12.3. The lowest BCUT2D eigenvalue weighted by molar-refractivity contribution is 0.411. The molecule has 0 aliphatic rings. The van der Waals surface area contributed by atoms with Gasteiger partial charge in [0, 0.05) is 29.4 Å². The quantitative estimate of drug-likeness (QED) is 0.652. The van der Waals surface area contributed by atoms with Gasteiger partial charge in [0.05, 0.1) is 13.2 Å². The second-order valence-corrected chi connectivity index (χ2v) is 7.72. The molecule has 0 spiro atoms. The molecule has 0 saturated carbocycles. The van der Waals surface area contributed by atoms with Crippen LogP contribution in [-0.4, -0.2) is 12.1 Å². The highest BCUT2D eigenvalue weighted by Gasteiger charge is 2.16. The Balaban J connectivity index is 1.75. The molecule has 0 aliphatic heterocycles. The van der Waals surface area contributed by atoms with Crippen LogP contribution >= 0.6 is 22.7 Å². The molecule has 2 heterocycles. The first-order valence-electron chi connectivity index (χ1n) is 7.97. The fraction of sp³-hybridized carbons (Fsp3) is 0.316. The summed E-state index contributed by atoms with van der Waals surface area (Å²) in [5, 5.41) is 9.01. The molecule has 126 valence electrons. The Morgan fingerprint density at radius 2 is 2.00 bits per heavy atom. The predicted molar refractivity (Wildman–Crippen MR) is 102 cm³/mol. The summed E-state index contributed by atoms with van der Waals surface area (Å²) in [7, 11) is 1.72. The minimum absolute atomic E-state index is 0.241. The minimum Gasteiger partial charge on any atom is -0.496 e. The summed E-state index contributed by atoms with van der Waals surface area (Å²) < 4.78 is 5.41. The molecular formula is C19H22N2OS2. The number of nitrogens with zero attached hydrogens (tertiary/aromatic N) is 1. The summed E-state index contributed by atoms with van der Waals surface area (Å²) in [5.74, 6) is 0.950. The number of thiophene rings is 1. The zero-order valence-electron chi connectivity index (χ0n) is 14.2. The number of aromatic nitrogens is 1. The molecular weight excluding hydrogens is 336 g/mol. The highest BCUT2D eigenvalue weighted by molar-refractivity contribution is 7.10. The number of ether oxygens (including phenoxy) is 1. The lowest BCUT2D eigenvalue weighted by Gasteiger charge is -2.18. The third-order valence-corrected chi connectivity index (χ3v) is 6.13. The third kappa shape index (κ3) is 3.86. The van der Waals surface area contributed by atoms with Crippen molar-refractivity contribution in [1.29, 1.82) is 0 Å². The Kier molecular flexibility index (Phi) is 5.66. The summed E-state index contributed by atoms with van der Waals surface area (Å²) in [6.45, 7) is 5.10. The van der Waals surface area contributed by atoms with Crippen LogP contribution in [0.4, 0.5) is 0 Å². The van der Waals surface area contributed by atoms with E-state index >= 15 is 0 Å². The summed E-state index contributed by atoms with van der Waals surface area (Å²) in [6.07, 6.45) is 2.85. The number of thiazole rings is 1. The lowest BCUT2D eigenvalue weighted by Crippen LogP contribution is -2.23. The largest absolute Gasteiger partial charge is 0.496 e. The molecule has 2 aromatic heterocycles. The zero-order chi connectivity index (χ0) is 16.9. The molecule has 5 heteroatoms. The molecule has 1 N–H and O–H groups in total. The number of rotatable bonds is 7. The molecule has 3 aromatic rings. The van der Waals surface area contributed by atoms with Crippen LogP contribution < -0.4 is 10.1 Å². The van der Waals surface area contributed by atoms with Crippen LogP contribution in [0, 0.1) is 13.8 Å². The van der Waals surface area contributed by atoms with Crippen molar-refractivity contribution in [3.05, 3.63) is 67.8 Å². The molecule has 0 fully saturated rings. The van der Waals surface area contributed by atoms with E-state index in [2.05, 4.69) is 53.8 Å². The van der Waals surface area contributed by atoms with Crippen LogP contribution in [-0.2, 0) is 13.0 Å². The van der Waals surface area contributed by atoms with Gasteiger partial charge in [-0.3, -0.25) is 0 Å². The van der Waals surface area contributed by atoms with Gasteiger partial charge in [-0.1, -0.05) is 12.1 Å². The number of methoxy groups -OCH3 is 1. The molecule has 24 heavy (non-hydrogen) atoms. The topological polar surface area (TPSA) is 34.1 Å². The fourth-order valence-electron chi connectivity index (χ4n) is 2.78. The number of benzene rings is 1. The van der Waals surface area contributed by atoms with Crippen molar-refractivity contribution in [2.75, 3.05) is 7.11 Å². The highest BCUT2D eigenvalue weighted by Crippen LogP contribution is 2.26. The smallest absolute Gasteiger partial charge is 0.122 e. The molecule has 3 nitrogen and oxygen atoms in total. The number of nitrogens with one attached hydrogen (secondary N) is 1. The monoisotopic (exact) mass is 358 g/mol. The lowest BCUT2D eigenvalue weighted by atomic mass is 10.0. The van der Waals surface area contributed by atoms with E-state index in [9.17, 15) is 0 Å². The summed E-state index contributed by atoms with van der Waals surface area (Å²) in [6, 6.07) is 8.74. The van der Waals surface area contributed by atoms with Crippen LogP contribution in [0.2, 0.25) is 0 Å². The van der Waals surface area contributed by atoms with Crippen molar-refractivity contribution in [2.24, 2.45) is 0 Å². The van der Waals surface area contributed by atoms with E-state index in [0.29, 0.717) is 0 Å². The van der Waals surface area contributed by atoms with Crippen LogP contribution in [0.25, 0.3) is 0 Å². The Labute approximate surface area is 151 Å². The van der Waals surface area contributed by atoms with Crippen molar-refractivity contribution in [1.82, 2.24) is 10.3 Å². The average Bonchev–Trinajstić information content (AvgIpc) is 3.28. The van der Waals surface area contributed by atoms with E-state index in [0.717, 1.165) is 23.7 Å². The second-order valence-electron chi connectivity index (χ2n) is 5.76. The fourth-order valence-corrected chi connectivity index (χ4v) is 4.25. The van der Waals surface area contributed by atoms with Crippen molar-refractivity contribution in [2.45, 2.75) is 32.9 Å². The van der Waals surface area contributed by atoms with E-state index in [-0.39, 0.29) is 6.04 Å². The zero-order valence-corrected chi connectivity index (χ0v) is 15.8. The highest BCUT2D eigenvalue weighted by atomic mass is 32.1. The average molecular weight is 359 g/mol. The van der Waals surface area contributed by atoms with Crippen LogP contribution in [0.1, 0.15) is 32.6 Å². The van der Waals surface area contributed by atoms with Gasteiger partial charge >= 0.3 is 0 Å². The van der Waals surface area contributed by atoms with Gasteiger partial charge < -0.3 is 10.1 Å². The van der Waals surface area contributed by atoms with E-state index in [4.69, 9.17) is 4.74 Å². The Bertz CT molecular complexity index is 767. The minimum atomic E-state index is 0.241. The van der Waals surface area contributed by atoms with Gasteiger partial charge in [-0.25, -0.2) is 4.98 Å². The van der Waals surface area contributed by atoms with Gasteiger partial charge in [-0.05, 0) is 48.1 Å². The number of hydrogen-bond donors (Lipinski definition) is 1. The predicted octanol–water partition coefficient (Wildman–Crippen LogP) is 4.90.